The van der Waals surface area contributed by atoms with Crippen molar-refractivity contribution in [2.75, 3.05) is 7.11 Å². The normalized spacial score (nSPS) is 11.2. The van der Waals surface area contributed by atoms with Crippen LogP contribution in [-0.4, -0.2) is 20.5 Å². The van der Waals surface area contributed by atoms with E-state index in [-0.39, 0.29) is 9.79 Å². The number of benzene rings is 1. The molecule has 0 fully saturated rings. The number of H-pyrrole nitrogens is 1. The lowest BCUT2D eigenvalue weighted by atomic mass is 10.3. The number of hydrogen-bond donors (Lipinski definition) is 1. The fourth-order valence-electron chi connectivity index (χ4n) is 1.49. The first kappa shape index (κ1) is 12.4. The van der Waals surface area contributed by atoms with E-state index in [4.69, 9.17) is 4.74 Å². The molecule has 1 N–H and O–H groups in total. The highest BCUT2D eigenvalue weighted by Crippen LogP contribution is 2.20. The van der Waals surface area contributed by atoms with E-state index in [2.05, 4.69) is 4.98 Å². The summed E-state index contributed by atoms with van der Waals surface area (Å²) in [5.74, 6) is 0.552. The second-order valence-electron chi connectivity index (χ2n) is 3.55. The highest BCUT2D eigenvalue weighted by Gasteiger charge is 2.20. The minimum atomic E-state index is -3.79. The Balaban J connectivity index is 2.55. The first-order valence-corrected chi connectivity index (χ1v) is 6.60. The van der Waals surface area contributed by atoms with E-state index in [1.54, 1.807) is 0 Å². The van der Waals surface area contributed by atoms with Crippen molar-refractivity contribution >= 4 is 9.84 Å². The Labute approximate surface area is 104 Å². The Bertz CT molecular complexity index is 701. The number of methoxy groups -OCH3 is 1. The van der Waals surface area contributed by atoms with Gasteiger partial charge in [0.25, 0.3) is 0 Å². The van der Waals surface area contributed by atoms with Gasteiger partial charge in [0, 0.05) is 18.5 Å². The predicted octanol–water partition coefficient (Wildman–Crippen LogP) is 1.22. The molecule has 94 valence electrons. The molecule has 0 spiro atoms. The summed E-state index contributed by atoms with van der Waals surface area (Å²) in [6.45, 7) is 0. The largest absolute Gasteiger partial charge is 0.497 e. The molecule has 1 aromatic heterocycles. The van der Waals surface area contributed by atoms with Gasteiger partial charge in [-0.2, -0.15) is 0 Å². The number of pyridine rings is 1. The van der Waals surface area contributed by atoms with Crippen molar-refractivity contribution in [1.29, 1.82) is 0 Å². The molecule has 0 aliphatic carbocycles. The van der Waals surface area contributed by atoms with Crippen LogP contribution in [0.3, 0.4) is 0 Å². The maximum absolute atomic E-state index is 12.2. The predicted molar refractivity (Wildman–Crippen MR) is 65.5 cm³/mol. The maximum atomic E-state index is 12.2. The Morgan fingerprint density at radius 3 is 2.33 bits per heavy atom. The van der Waals surface area contributed by atoms with E-state index in [0.29, 0.717) is 5.75 Å². The fraction of sp³-hybridized carbons (Fsp3) is 0.0833. The topological polar surface area (TPSA) is 76.2 Å². The van der Waals surface area contributed by atoms with Crippen molar-refractivity contribution in [1.82, 2.24) is 4.98 Å². The zero-order valence-electron chi connectivity index (χ0n) is 9.58. The molecule has 6 heteroatoms. The van der Waals surface area contributed by atoms with Crippen LogP contribution < -0.4 is 10.2 Å². The van der Waals surface area contributed by atoms with Crippen molar-refractivity contribution in [2.24, 2.45) is 0 Å². The quantitative estimate of drug-likeness (QED) is 0.905. The van der Waals surface area contributed by atoms with E-state index in [9.17, 15) is 13.2 Å². The lowest BCUT2D eigenvalue weighted by Crippen LogP contribution is -2.14. The summed E-state index contributed by atoms with van der Waals surface area (Å²) in [6.07, 6.45) is 2.57. The Kier molecular flexibility index (Phi) is 3.20. The third-order valence-corrected chi connectivity index (χ3v) is 4.24. The number of aromatic amines is 1. The van der Waals surface area contributed by atoms with Gasteiger partial charge in [-0.3, -0.25) is 4.79 Å². The summed E-state index contributed by atoms with van der Waals surface area (Å²) in [7, 11) is -2.30. The number of rotatable bonds is 3. The van der Waals surface area contributed by atoms with Crippen LogP contribution >= 0.6 is 0 Å². The van der Waals surface area contributed by atoms with Gasteiger partial charge in [0.1, 0.15) is 10.6 Å². The molecule has 0 aliphatic rings. The van der Waals surface area contributed by atoms with Crippen molar-refractivity contribution in [2.45, 2.75) is 9.79 Å². The second kappa shape index (κ2) is 4.66. The summed E-state index contributed by atoms with van der Waals surface area (Å²) >= 11 is 0. The van der Waals surface area contributed by atoms with Crippen LogP contribution in [0.15, 0.2) is 57.3 Å². The minimum Gasteiger partial charge on any atom is -0.497 e. The van der Waals surface area contributed by atoms with Crippen LogP contribution in [0.4, 0.5) is 0 Å². The number of hydrogen-bond acceptors (Lipinski definition) is 4. The first-order chi connectivity index (χ1) is 8.55. The molecule has 18 heavy (non-hydrogen) atoms. The zero-order chi connectivity index (χ0) is 13.2. The summed E-state index contributed by atoms with van der Waals surface area (Å²) in [4.78, 5) is 13.9. The van der Waals surface area contributed by atoms with E-state index in [0.717, 1.165) is 0 Å². The van der Waals surface area contributed by atoms with Gasteiger partial charge < -0.3 is 9.72 Å². The summed E-state index contributed by atoms with van der Waals surface area (Å²) in [6, 6.07) is 7.05. The Morgan fingerprint density at radius 2 is 1.78 bits per heavy atom. The van der Waals surface area contributed by atoms with E-state index in [1.165, 1.54) is 49.8 Å². The van der Waals surface area contributed by atoms with Crippen LogP contribution in [0.1, 0.15) is 0 Å². The minimum absolute atomic E-state index is 0.0556. The number of aromatic nitrogens is 1. The first-order valence-electron chi connectivity index (χ1n) is 5.12. The molecule has 0 bridgehead atoms. The number of ether oxygens (including phenoxy) is 1. The molecule has 0 saturated carbocycles. The molecular formula is C12H11NO4S. The Hall–Kier alpha value is -2.08. The second-order valence-corrected chi connectivity index (χ2v) is 5.47. The highest BCUT2D eigenvalue weighted by atomic mass is 32.2. The van der Waals surface area contributed by atoms with Crippen LogP contribution in [-0.2, 0) is 9.84 Å². The van der Waals surface area contributed by atoms with Gasteiger partial charge in [-0.05, 0) is 24.3 Å². The molecule has 1 aromatic carbocycles. The van der Waals surface area contributed by atoms with E-state index < -0.39 is 15.3 Å². The molecule has 2 rings (SSSR count). The average molecular weight is 265 g/mol. The van der Waals surface area contributed by atoms with E-state index >= 15 is 0 Å². The standard InChI is InChI=1S/C12H11NO4S/c1-17-9-2-4-10(5-3-9)18(15,16)12-8-13-7-6-11(12)14/h2-8H,1H3,(H,13,14). The molecule has 2 aromatic rings. The van der Waals surface area contributed by atoms with Crippen LogP contribution in [0.25, 0.3) is 0 Å². The SMILES string of the molecule is COc1ccc(S(=O)(=O)c2c[nH]ccc2=O)cc1. The van der Waals surface area contributed by atoms with Gasteiger partial charge in [0.2, 0.25) is 15.3 Å². The summed E-state index contributed by atoms with van der Waals surface area (Å²) in [5, 5.41) is 0. The molecule has 5 nitrogen and oxygen atoms in total. The van der Waals surface area contributed by atoms with Gasteiger partial charge in [0.05, 0.1) is 12.0 Å². The lowest BCUT2D eigenvalue weighted by Gasteiger charge is -2.04. The van der Waals surface area contributed by atoms with E-state index in [1.807, 2.05) is 0 Å². The average Bonchev–Trinajstić information content (AvgIpc) is 2.39. The smallest absolute Gasteiger partial charge is 0.211 e. The Morgan fingerprint density at radius 1 is 1.11 bits per heavy atom. The van der Waals surface area contributed by atoms with Gasteiger partial charge in [-0.25, -0.2) is 8.42 Å². The fourth-order valence-corrected chi connectivity index (χ4v) is 2.80. The molecule has 0 aliphatic heterocycles. The molecule has 0 radical (unpaired) electrons. The van der Waals surface area contributed by atoms with Crippen LogP contribution in [0.5, 0.6) is 5.75 Å². The molecule has 0 amide bonds. The molecule has 0 unspecified atom stereocenters. The highest BCUT2D eigenvalue weighted by molar-refractivity contribution is 7.91. The van der Waals surface area contributed by atoms with Gasteiger partial charge in [-0.1, -0.05) is 0 Å². The van der Waals surface area contributed by atoms with Crippen molar-refractivity contribution in [3.8, 4) is 5.75 Å². The molecule has 0 atom stereocenters. The van der Waals surface area contributed by atoms with Crippen LogP contribution in [0.2, 0.25) is 0 Å². The summed E-state index contributed by atoms with van der Waals surface area (Å²) < 4.78 is 29.3. The van der Waals surface area contributed by atoms with Gasteiger partial charge in [0.15, 0.2) is 0 Å². The maximum Gasteiger partial charge on any atom is 0.211 e. The third kappa shape index (κ3) is 2.14. The third-order valence-electron chi connectivity index (χ3n) is 2.45. The van der Waals surface area contributed by atoms with Crippen LogP contribution in [0, 0.1) is 0 Å². The zero-order valence-corrected chi connectivity index (χ0v) is 10.4. The van der Waals surface area contributed by atoms with Crippen molar-refractivity contribution in [3.63, 3.8) is 0 Å². The monoisotopic (exact) mass is 265 g/mol. The number of nitrogens with one attached hydrogen (secondary N) is 1. The molecular weight excluding hydrogens is 254 g/mol. The van der Waals surface area contributed by atoms with Gasteiger partial charge in [-0.15, -0.1) is 0 Å². The number of sulfone groups is 1. The molecule has 0 saturated heterocycles. The summed E-state index contributed by atoms with van der Waals surface area (Å²) in [5.41, 5.74) is -0.537. The lowest BCUT2D eigenvalue weighted by molar-refractivity contribution is 0.414. The van der Waals surface area contributed by atoms with Gasteiger partial charge >= 0.3 is 0 Å². The molecule has 1 heterocycles. The van der Waals surface area contributed by atoms with Crippen molar-refractivity contribution < 1.29 is 13.2 Å². The van der Waals surface area contributed by atoms with Crippen molar-refractivity contribution in [3.05, 3.63) is 52.9 Å².